The summed E-state index contributed by atoms with van der Waals surface area (Å²) in [6.07, 6.45) is 11.7. The van der Waals surface area contributed by atoms with Crippen LogP contribution in [0.2, 0.25) is 0 Å². The molecule has 0 spiro atoms. The molecular weight excluding hydrogens is 634 g/mol. The van der Waals surface area contributed by atoms with Crippen LogP contribution in [0, 0.1) is 0 Å². The van der Waals surface area contributed by atoms with E-state index in [9.17, 15) is 9.59 Å². The number of hydrogen-bond acceptors (Lipinski definition) is 10. The van der Waals surface area contributed by atoms with Gasteiger partial charge in [0.15, 0.2) is 11.5 Å². The van der Waals surface area contributed by atoms with Gasteiger partial charge in [-0.05, 0) is 74.3 Å². The molecule has 50 heavy (non-hydrogen) atoms. The average molecular weight is 674 g/mol. The third-order valence-electron chi connectivity index (χ3n) is 8.89. The van der Waals surface area contributed by atoms with Crippen LogP contribution in [-0.4, -0.2) is 92.2 Å². The van der Waals surface area contributed by atoms with Gasteiger partial charge in [0, 0.05) is 68.0 Å². The van der Waals surface area contributed by atoms with Gasteiger partial charge < -0.3 is 19.7 Å². The second-order valence-electron chi connectivity index (χ2n) is 12.5. The number of aromatic nitrogens is 5. The van der Waals surface area contributed by atoms with Crippen molar-refractivity contribution in [3.8, 4) is 17.2 Å². The number of methoxy groups -OCH3 is 1. The number of likely N-dealkylation sites (N-methyl/N-ethyl adjacent to an activating group) is 1. The summed E-state index contributed by atoms with van der Waals surface area (Å²) >= 11 is 0. The number of pyridine rings is 1. The Hall–Kier alpha value is -5.82. The summed E-state index contributed by atoms with van der Waals surface area (Å²) in [5, 5.41) is 12.0. The number of amides is 2. The quantitative estimate of drug-likeness (QED) is 0.165. The Morgan fingerprint density at radius 2 is 1.72 bits per heavy atom. The van der Waals surface area contributed by atoms with Gasteiger partial charge in [-0.25, -0.2) is 19.6 Å². The lowest BCUT2D eigenvalue weighted by atomic mass is 10.2. The van der Waals surface area contributed by atoms with E-state index in [1.54, 1.807) is 68.2 Å². The topological polar surface area (TPSA) is 140 Å². The molecule has 1 aliphatic carbocycles. The molecule has 2 amide bonds. The highest BCUT2D eigenvalue weighted by atomic mass is 16.5. The molecule has 1 saturated heterocycles. The minimum atomic E-state index is -0.328. The van der Waals surface area contributed by atoms with Crippen molar-refractivity contribution in [3.63, 3.8) is 0 Å². The zero-order valence-electron chi connectivity index (χ0n) is 28.0. The largest absolute Gasteiger partial charge is 0.497 e. The van der Waals surface area contributed by atoms with Crippen LogP contribution in [0.25, 0.3) is 11.0 Å². The molecule has 1 aliphatic heterocycles. The summed E-state index contributed by atoms with van der Waals surface area (Å²) in [5.74, 6) is 2.41. The number of rotatable bonds is 13. The van der Waals surface area contributed by atoms with E-state index in [-0.39, 0.29) is 23.8 Å². The summed E-state index contributed by atoms with van der Waals surface area (Å²) in [7, 11) is 3.74. The summed E-state index contributed by atoms with van der Waals surface area (Å²) in [5.41, 5.74) is 2.11. The van der Waals surface area contributed by atoms with E-state index in [2.05, 4.69) is 32.5 Å². The van der Waals surface area contributed by atoms with Crippen molar-refractivity contribution in [3.05, 3.63) is 103 Å². The van der Waals surface area contributed by atoms with Crippen LogP contribution in [0.5, 0.6) is 17.2 Å². The molecule has 2 aromatic carbocycles. The van der Waals surface area contributed by atoms with Gasteiger partial charge in [-0.3, -0.25) is 19.8 Å². The molecule has 0 radical (unpaired) electrons. The monoisotopic (exact) mass is 673 g/mol. The first kappa shape index (κ1) is 32.7. The van der Waals surface area contributed by atoms with Crippen LogP contribution in [0.15, 0.2) is 91.4 Å². The van der Waals surface area contributed by atoms with Crippen LogP contribution >= 0.6 is 0 Å². The molecule has 2 fully saturated rings. The van der Waals surface area contributed by atoms with Crippen LogP contribution in [0.1, 0.15) is 35.2 Å². The van der Waals surface area contributed by atoms with Gasteiger partial charge >= 0.3 is 0 Å². The number of carbonyl (C=O) groups excluding carboxylic acids is 2. The van der Waals surface area contributed by atoms with Crippen molar-refractivity contribution in [2.75, 3.05) is 44.4 Å². The molecule has 1 unspecified atom stereocenters. The van der Waals surface area contributed by atoms with Crippen molar-refractivity contribution in [1.29, 1.82) is 0 Å². The maximum Gasteiger partial charge on any atom is 0.258 e. The number of fused-ring (bicyclic) bond motifs is 1. The van der Waals surface area contributed by atoms with E-state index in [0.717, 1.165) is 29.7 Å². The molecule has 7 rings (SSSR count). The third-order valence-corrected chi connectivity index (χ3v) is 8.89. The van der Waals surface area contributed by atoms with Gasteiger partial charge in [0.1, 0.15) is 22.6 Å². The fraction of sp³-hybridized carbons (Fsp3) is 0.297. The number of carbonyl (C=O) groups is 2. The molecule has 13 heteroatoms. The van der Waals surface area contributed by atoms with E-state index in [0.29, 0.717) is 54.2 Å². The maximum atomic E-state index is 13.0. The Balaban J connectivity index is 1.10. The lowest BCUT2D eigenvalue weighted by Gasteiger charge is -2.16. The highest BCUT2D eigenvalue weighted by molar-refractivity contribution is 6.03. The average Bonchev–Trinajstić information content (AvgIpc) is 3.80. The highest BCUT2D eigenvalue weighted by Gasteiger charge is 2.28. The molecule has 2 aliphatic rings. The van der Waals surface area contributed by atoms with Crippen LogP contribution < -0.4 is 20.1 Å². The van der Waals surface area contributed by atoms with Gasteiger partial charge in [-0.2, -0.15) is 5.10 Å². The molecule has 1 atom stereocenters. The smallest absolute Gasteiger partial charge is 0.258 e. The molecule has 13 nitrogen and oxygen atoms in total. The molecule has 1 saturated carbocycles. The molecular formula is C37H39N9O4. The number of ether oxygens (including phenoxy) is 2. The van der Waals surface area contributed by atoms with Crippen LogP contribution in [-0.2, 0) is 11.3 Å². The van der Waals surface area contributed by atoms with Crippen molar-refractivity contribution >= 4 is 34.6 Å². The Bertz CT molecular complexity index is 1980. The van der Waals surface area contributed by atoms with Crippen molar-refractivity contribution in [2.45, 2.75) is 37.9 Å². The van der Waals surface area contributed by atoms with Crippen LogP contribution in [0.3, 0.4) is 0 Å². The maximum absolute atomic E-state index is 13.0. The summed E-state index contributed by atoms with van der Waals surface area (Å²) < 4.78 is 13.6. The molecule has 256 valence electrons. The first-order chi connectivity index (χ1) is 24.4. The molecule has 5 aromatic rings. The summed E-state index contributed by atoms with van der Waals surface area (Å²) in [6, 6.07) is 18.8. The number of benzene rings is 2. The summed E-state index contributed by atoms with van der Waals surface area (Å²) in [4.78, 5) is 42.7. The van der Waals surface area contributed by atoms with Crippen molar-refractivity contribution < 1.29 is 19.1 Å². The fourth-order valence-corrected chi connectivity index (χ4v) is 5.97. The lowest BCUT2D eigenvalue weighted by Crippen LogP contribution is -2.30. The SMILES string of the molecule is COc1ccc(Cn2nc(NC3CCN(C(=O)/C=C/CN(C)C4CC4)C3)c3c(Oc4ccc(C(=O)Nc5ncccn5)cc4)ccnc32)cc1. The highest BCUT2D eigenvalue weighted by Crippen LogP contribution is 2.35. The molecule has 0 bridgehead atoms. The van der Waals surface area contributed by atoms with E-state index < -0.39 is 0 Å². The first-order valence-corrected chi connectivity index (χ1v) is 16.7. The van der Waals surface area contributed by atoms with E-state index in [1.165, 1.54) is 12.8 Å². The predicted octanol–water partition coefficient (Wildman–Crippen LogP) is 4.99. The summed E-state index contributed by atoms with van der Waals surface area (Å²) in [6.45, 7) is 2.46. The number of likely N-dealkylation sites (tertiary alicyclic amines) is 1. The zero-order chi connectivity index (χ0) is 34.5. The number of nitrogens with one attached hydrogen (secondary N) is 2. The normalized spacial score (nSPS) is 15.9. The lowest BCUT2D eigenvalue weighted by molar-refractivity contribution is -0.125. The van der Waals surface area contributed by atoms with E-state index in [4.69, 9.17) is 19.6 Å². The second-order valence-corrected chi connectivity index (χ2v) is 12.5. The third kappa shape index (κ3) is 7.73. The zero-order valence-corrected chi connectivity index (χ0v) is 28.0. The van der Waals surface area contributed by atoms with Gasteiger partial charge in [0.25, 0.3) is 5.91 Å². The number of nitrogens with zero attached hydrogens (tertiary/aromatic N) is 7. The fourth-order valence-electron chi connectivity index (χ4n) is 5.97. The molecule has 2 N–H and O–H groups in total. The Morgan fingerprint density at radius 3 is 2.46 bits per heavy atom. The second kappa shape index (κ2) is 14.7. The van der Waals surface area contributed by atoms with E-state index in [1.807, 2.05) is 39.9 Å². The molecule has 4 heterocycles. The Morgan fingerprint density at radius 1 is 0.960 bits per heavy atom. The van der Waals surface area contributed by atoms with E-state index >= 15 is 0 Å². The number of hydrogen-bond donors (Lipinski definition) is 2. The Kier molecular flexibility index (Phi) is 9.65. The van der Waals surface area contributed by atoms with Gasteiger partial charge in [0.05, 0.1) is 13.7 Å². The van der Waals surface area contributed by atoms with Crippen LogP contribution in [0.4, 0.5) is 11.8 Å². The minimum Gasteiger partial charge on any atom is -0.497 e. The number of anilines is 2. The van der Waals surface area contributed by atoms with Gasteiger partial charge in [-0.15, -0.1) is 0 Å². The van der Waals surface area contributed by atoms with Crippen molar-refractivity contribution in [2.24, 2.45) is 0 Å². The van der Waals surface area contributed by atoms with Crippen molar-refractivity contribution in [1.82, 2.24) is 34.5 Å². The van der Waals surface area contributed by atoms with Gasteiger partial charge in [-0.1, -0.05) is 18.2 Å². The predicted molar refractivity (Wildman–Crippen MR) is 190 cm³/mol. The molecule has 3 aromatic heterocycles. The minimum absolute atomic E-state index is 0.00605. The van der Waals surface area contributed by atoms with Gasteiger partial charge in [0.2, 0.25) is 11.9 Å². The Labute approximate surface area is 289 Å². The first-order valence-electron chi connectivity index (χ1n) is 16.7. The standard InChI is InChI=1S/C37H39N9O4/c1-44(28-10-11-28)21-3-5-32(47)45-22-17-27(24-45)41-34-33-31(16-20-38-35(33)46(43-34)23-25-6-12-29(49-2)13-7-25)50-30-14-8-26(9-15-30)36(48)42-37-39-18-4-19-40-37/h3-9,12-16,18-20,27-28H,10-11,17,21-24H2,1-2H3,(H,41,43)(H,39,40,42,48)/b5-3+.